The highest BCUT2D eigenvalue weighted by atomic mass is 16.5. The Bertz CT molecular complexity index is 743. The number of hydrogen-bond donors (Lipinski definition) is 0. The molecule has 0 saturated carbocycles. The lowest BCUT2D eigenvalue weighted by Crippen LogP contribution is -2.44. The first-order valence-corrected chi connectivity index (χ1v) is 9.40. The molecule has 0 aromatic carbocycles. The first-order chi connectivity index (χ1) is 12.6. The first-order valence-electron chi connectivity index (χ1n) is 9.40. The zero-order chi connectivity index (χ0) is 20.7. The number of carbonyl (C=O) groups is 2. The number of rotatable bonds is 8. The standard InChI is InChI=1S/C21H31N3O3/c1-8-9-23-16(6)10-18(17(23)7)11-19(12-22)21(26)27-13-20(25)24(14(2)3)15(4)5/h10-11,14-15H,8-9,13H2,1-7H3/b19-11-. The Balaban J connectivity index is 2.93. The van der Waals surface area contributed by atoms with E-state index < -0.39 is 5.97 Å². The minimum atomic E-state index is -0.779. The number of esters is 1. The summed E-state index contributed by atoms with van der Waals surface area (Å²) in [7, 11) is 0. The highest BCUT2D eigenvalue weighted by Gasteiger charge is 2.22. The molecule has 0 aliphatic carbocycles. The van der Waals surface area contributed by atoms with Crippen LogP contribution in [0.5, 0.6) is 0 Å². The van der Waals surface area contributed by atoms with Crippen LogP contribution in [0.3, 0.4) is 0 Å². The third-order valence-electron chi connectivity index (χ3n) is 4.43. The summed E-state index contributed by atoms with van der Waals surface area (Å²) in [6, 6.07) is 3.84. The van der Waals surface area contributed by atoms with Gasteiger partial charge in [-0.3, -0.25) is 4.79 Å². The Kier molecular flexibility index (Phi) is 8.30. The summed E-state index contributed by atoms with van der Waals surface area (Å²) in [4.78, 5) is 26.3. The summed E-state index contributed by atoms with van der Waals surface area (Å²) < 4.78 is 7.26. The summed E-state index contributed by atoms with van der Waals surface area (Å²) in [5.74, 6) is -1.05. The largest absolute Gasteiger partial charge is 0.451 e. The molecule has 0 N–H and O–H groups in total. The first kappa shape index (κ1) is 22.5. The van der Waals surface area contributed by atoms with E-state index in [0.717, 1.165) is 29.9 Å². The van der Waals surface area contributed by atoms with Gasteiger partial charge >= 0.3 is 5.97 Å². The van der Waals surface area contributed by atoms with Crippen molar-refractivity contribution in [1.82, 2.24) is 9.47 Å². The van der Waals surface area contributed by atoms with Crippen molar-refractivity contribution in [2.75, 3.05) is 6.61 Å². The van der Waals surface area contributed by atoms with E-state index in [4.69, 9.17) is 4.74 Å². The SMILES string of the molecule is CCCn1c(C)cc(/C=C(/C#N)C(=O)OCC(=O)N(C(C)C)C(C)C)c1C. The number of ether oxygens (including phenoxy) is 1. The minimum absolute atomic E-state index is 0.00568. The highest BCUT2D eigenvalue weighted by Crippen LogP contribution is 2.19. The van der Waals surface area contributed by atoms with Crippen LogP contribution in [-0.4, -0.2) is 40.0 Å². The van der Waals surface area contributed by atoms with Crippen LogP contribution in [0, 0.1) is 25.2 Å². The number of nitrogens with zero attached hydrogens (tertiary/aromatic N) is 3. The van der Waals surface area contributed by atoms with Crippen molar-refractivity contribution in [2.24, 2.45) is 0 Å². The van der Waals surface area contributed by atoms with Crippen LogP contribution >= 0.6 is 0 Å². The van der Waals surface area contributed by atoms with E-state index in [0.29, 0.717) is 0 Å². The Morgan fingerprint density at radius 3 is 2.33 bits per heavy atom. The van der Waals surface area contributed by atoms with Crippen molar-refractivity contribution in [1.29, 1.82) is 5.26 Å². The van der Waals surface area contributed by atoms with Gasteiger partial charge in [0.05, 0.1) is 0 Å². The fraction of sp³-hybridized carbons (Fsp3) is 0.571. The third kappa shape index (κ3) is 5.72. The number of aromatic nitrogens is 1. The maximum Gasteiger partial charge on any atom is 0.349 e. The predicted octanol–water partition coefficient (Wildman–Crippen LogP) is 3.61. The van der Waals surface area contributed by atoms with Gasteiger partial charge < -0.3 is 14.2 Å². The zero-order valence-corrected chi connectivity index (χ0v) is 17.5. The van der Waals surface area contributed by atoms with Crippen LogP contribution in [0.25, 0.3) is 6.08 Å². The molecule has 1 rings (SSSR count). The molecule has 0 fully saturated rings. The van der Waals surface area contributed by atoms with Gasteiger partial charge in [-0.1, -0.05) is 6.92 Å². The second-order valence-corrected chi connectivity index (χ2v) is 7.21. The quantitative estimate of drug-likeness (QED) is 0.396. The smallest absolute Gasteiger partial charge is 0.349 e. The van der Waals surface area contributed by atoms with Gasteiger partial charge in [-0.15, -0.1) is 0 Å². The molecule has 6 heteroatoms. The lowest BCUT2D eigenvalue weighted by molar-refractivity contribution is -0.150. The number of hydrogen-bond acceptors (Lipinski definition) is 4. The molecule has 27 heavy (non-hydrogen) atoms. The van der Waals surface area contributed by atoms with E-state index in [1.807, 2.05) is 53.7 Å². The fourth-order valence-electron chi connectivity index (χ4n) is 3.29. The van der Waals surface area contributed by atoms with Crippen LogP contribution in [-0.2, 0) is 20.9 Å². The van der Waals surface area contributed by atoms with Crippen LogP contribution < -0.4 is 0 Å². The molecule has 0 spiro atoms. The fourth-order valence-corrected chi connectivity index (χ4v) is 3.29. The van der Waals surface area contributed by atoms with Crippen molar-refractivity contribution in [3.05, 3.63) is 28.6 Å². The van der Waals surface area contributed by atoms with Gasteiger partial charge in [-0.2, -0.15) is 5.26 Å². The Labute approximate surface area is 162 Å². The third-order valence-corrected chi connectivity index (χ3v) is 4.43. The number of carbonyl (C=O) groups excluding carboxylic acids is 2. The average Bonchev–Trinajstić information content (AvgIpc) is 2.84. The maximum atomic E-state index is 12.3. The Morgan fingerprint density at radius 1 is 1.26 bits per heavy atom. The second-order valence-electron chi connectivity index (χ2n) is 7.21. The van der Waals surface area contributed by atoms with Crippen LogP contribution in [0.1, 0.15) is 58.0 Å². The molecule has 1 heterocycles. The van der Waals surface area contributed by atoms with Gasteiger partial charge in [0.25, 0.3) is 5.91 Å². The number of amides is 1. The topological polar surface area (TPSA) is 75.3 Å². The monoisotopic (exact) mass is 373 g/mol. The van der Waals surface area contributed by atoms with Gasteiger partial charge in [0.2, 0.25) is 0 Å². The van der Waals surface area contributed by atoms with Gasteiger partial charge in [0.15, 0.2) is 6.61 Å². The van der Waals surface area contributed by atoms with Crippen molar-refractivity contribution >= 4 is 18.0 Å². The van der Waals surface area contributed by atoms with Gasteiger partial charge in [0.1, 0.15) is 11.6 Å². The Morgan fingerprint density at radius 2 is 1.85 bits per heavy atom. The molecule has 1 amide bonds. The van der Waals surface area contributed by atoms with E-state index in [-0.39, 0.29) is 30.2 Å². The summed E-state index contributed by atoms with van der Waals surface area (Å²) >= 11 is 0. The molecule has 0 radical (unpaired) electrons. The minimum Gasteiger partial charge on any atom is -0.451 e. The van der Waals surface area contributed by atoms with Crippen LogP contribution in [0.4, 0.5) is 0 Å². The lowest BCUT2D eigenvalue weighted by Gasteiger charge is -2.30. The molecule has 0 bridgehead atoms. The molecule has 0 aliphatic rings. The van der Waals surface area contributed by atoms with E-state index >= 15 is 0 Å². The van der Waals surface area contributed by atoms with Crippen molar-refractivity contribution in [2.45, 2.75) is 73.5 Å². The molecular formula is C21H31N3O3. The van der Waals surface area contributed by atoms with Gasteiger partial charge in [-0.05, 0) is 65.7 Å². The molecule has 6 nitrogen and oxygen atoms in total. The van der Waals surface area contributed by atoms with Crippen molar-refractivity contribution < 1.29 is 14.3 Å². The lowest BCUT2D eigenvalue weighted by atomic mass is 10.1. The molecule has 1 aromatic rings. The molecule has 1 aromatic heterocycles. The van der Waals surface area contributed by atoms with E-state index in [9.17, 15) is 14.9 Å². The molecular weight excluding hydrogens is 342 g/mol. The van der Waals surface area contributed by atoms with Crippen molar-refractivity contribution in [3.63, 3.8) is 0 Å². The second kappa shape index (κ2) is 9.96. The zero-order valence-electron chi connectivity index (χ0n) is 17.5. The van der Waals surface area contributed by atoms with Gasteiger partial charge in [0, 0.05) is 30.0 Å². The summed E-state index contributed by atoms with van der Waals surface area (Å²) in [6.45, 7) is 14.2. The van der Waals surface area contributed by atoms with E-state index in [2.05, 4.69) is 11.5 Å². The highest BCUT2D eigenvalue weighted by molar-refractivity contribution is 5.99. The number of nitriles is 1. The molecule has 0 unspecified atom stereocenters. The average molecular weight is 373 g/mol. The summed E-state index contributed by atoms with van der Waals surface area (Å²) in [5.41, 5.74) is 2.77. The van der Waals surface area contributed by atoms with Crippen LogP contribution in [0.2, 0.25) is 0 Å². The molecule has 0 atom stereocenters. The molecule has 0 aliphatic heterocycles. The predicted molar refractivity (Wildman–Crippen MR) is 106 cm³/mol. The summed E-state index contributed by atoms with van der Waals surface area (Å²) in [6.07, 6.45) is 2.53. The molecule has 0 saturated heterocycles. The van der Waals surface area contributed by atoms with Crippen LogP contribution in [0.15, 0.2) is 11.6 Å². The van der Waals surface area contributed by atoms with Crippen molar-refractivity contribution in [3.8, 4) is 6.07 Å². The molecule has 148 valence electrons. The van der Waals surface area contributed by atoms with E-state index in [1.165, 1.54) is 6.08 Å². The number of aryl methyl sites for hydroxylation is 1. The normalized spacial score (nSPS) is 11.6. The Hall–Kier alpha value is -2.55. The maximum absolute atomic E-state index is 12.3. The summed E-state index contributed by atoms with van der Waals surface area (Å²) in [5, 5.41) is 9.36. The van der Waals surface area contributed by atoms with Gasteiger partial charge in [-0.25, -0.2) is 4.79 Å². The van der Waals surface area contributed by atoms with E-state index in [1.54, 1.807) is 4.90 Å².